The van der Waals surface area contributed by atoms with Gasteiger partial charge in [-0.1, -0.05) is 24.6 Å². The minimum Gasteiger partial charge on any atom is -0.378 e. The Balaban J connectivity index is 1.74. The number of fused-ring (bicyclic) bond motifs is 1. The van der Waals surface area contributed by atoms with Crippen LogP contribution >= 0.6 is 0 Å². The first-order valence-electron chi connectivity index (χ1n) is 8.04. The number of aryl methyl sites for hydroxylation is 1. The van der Waals surface area contributed by atoms with Crippen molar-refractivity contribution in [2.24, 2.45) is 0 Å². The van der Waals surface area contributed by atoms with Gasteiger partial charge >= 0.3 is 0 Å². The largest absolute Gasteiger partial charge is 0.378 e. The van der Waals surface area contributed by atoms with Crippen molar-refractivity contribution in [3.63, 3.8) is 0 Å². The summed E-state index contributed by atoms with van der Waals surface area (Å²) in [6.07, 6.45) is 5.10. The third kappa shape index (κ3) is 3.63. The van der Waals surface area contributed by atoms with Crippen molar-refractivity contribution >= 4 is 11.6 Å². The molecule has 2 aliphatic heterocycles. The van der Waals surface area contributed by atoms with E-state index in [2.05, 4.69) is 23.5 Å². The monoisotopic (exact) mass is 288 g/mol. The van der Waals surface area contributed by atoms with Crippen LogP contribution in [0.15, 0.2) is 24.3 Å². The number of carbonyl (C=O) groups is 1. The number of para-hydroxylation sites is 1. The fourth-order valence-corrected chi connectivity index (χ4v) is 3.20. The summed E-state index contributed by atoms with van der Waals surface area (Å²) in [6.45, 7) is 3.07. The Hall–Kier alpha value is -1.39. The molecule has 4 heteroatoms. The Labute approximate surface area is 126 Å². The normalized spacial score (nSPS) is 23.0. The molecule has 0 saturated carbocycles. The van der Waals surface area contributed by atoms with Gasteiger partial charge in [0.05, 0.1) is 13.2 Å². The maximum atomic E-state index is 12.7. The van der Waals surface area contributed by atoms with Crippen molar-refractivity contribution in [3.8, 4) is 0 Å². The zero-order valence-electron chi connectivity index (χ0n) is 12.5. The van der Waals surface area contributed by atoms with Crippen LogP contribution in [0.2, 0.25) is 0 Å². The van der Waals surface area contributed by atoms with E-state index in [9.17, 15) is 4.79 Å². The Bertz CT molecular complexity index is 483. The van der Waals surface area contributed by atoms with Crippen LogP contribution in [-0.2, 0) is 16.0 Å². The first kappa shape index (κ1) is 14.5. The number of hydrogen-bond donors (Lipinski definition) is 1. The van der Waals surface area contributed by atoms with Crippen LogP contribution in [0.5, 0.6) is 0 Å². The Morgan fingerprint density at radius 3 is 3.05 bits per heavy atom. The highest BCUT2D eigenvalue weighted by Crippen LogP contribution is 2.26. The van der Waals surface area contributed by atoms with Gasteiger partial charge in [0.15, 0.2) is 0 Å². The highest BCUT2D eigenvalue weighted by atomic mass is 16.5. The van der Waals surface area contributed by atoms with Crippen molar-refractivity contribution in [1.82, 2.24) is 5.32 Å². The second kappa shape index (κ2) is 7.05. The molecule has 0 aliphatic carbocycles. The molecule has 1 atom stereocenters. The molecule has 114 valence electrons. The fourth-order valence-electron chi connectivity index (χ4n) is 3.20. The molecule has 1 fully saturated rings. The molecule has 0 bridgehead atoms. The van der Waals surface area contributed by atoms with E-state index in [-0.39, 0.29) is 11.9 Å². The number of nitrogens with zero attached hydrogens (tertiary/aromatic N) is 1. The van der Waals surface area contributed by atoms with Gasteiger partial charge in [0.25, 0.3) is 0 Å². The van der Waals surface area contributed by atoms with Gasteiger partial charge in [-0.3, -0.25) is 4.79 Å². The zero-order valence-corrected chi connectivity index (χ0v) is 12.5. The van der Waals surface area contributed by atoms with E-state index in [0.29, 0.717) is 13.0 Å². The van der Waals surface area contributed by atoms with Crippen LogP contribution in [0.4, 0.5) is 5.69 Å². The molecule has 2 heterocycles. The standard InChI is InChI=1S/C17H24N2O2/c20-17(12-15-13-21-11-9-18-15)19-10-5-1-2-6-14-7-3-4-8-16(14)19/h3-4,7-8,15,18H,1-2,5-6,9-13H2. The molecule has 1 saturated heterocycles. The average molecular weight is 288 g/mol. The van der Waals surface area contributed by atoms with Gasteiger partial charge in [-0.25, -0.2) is 0 Å². The van der Waals surface area contributed by atoms with E-state index >= 15 is 0 Å². The third-order valence-corrected chi connectivity index (χ3v) is 4.33. The Morgan fingerprint density at radius 2 is 2.19 bits per heavy atom. The Kier molecular flexibility index (Phi) is 4.88. The van der Waals surface area contributed by atoms with Crippen molar-refractivity contribution in [3.05, 3.63) is 29.8 Å². The number of hydrogen-bond acceptors (Lipinski definition) is 3. The van der Waals surface area contributed by atoms with Gasteiger partial charge < -0.3 is 15.0 Å². The number of benzene rings is 1. The second-order valence-electron chi connectivity index (χ2n) is 5.91. The van der Waals surface area contributed by atoms with Gasteiger partial charge in [0, 0.05) is 31.2 Å². The van der Waals surface area contributed by atoms with Crippen molar-refractivity contribution in [2.45, 2.75) is 38.1 Å². The van der Waals surface area contributed by atoms with Crippen LogP contribution in [0.1, 0.15) is 31.2 Å². The minimum atomic E-state index is 0.156. The summed E-state index contributed by atoms with van der Waals surface area (Å²) in [5, 5.41) is 3.37. The topological polar surface area (TPSA) is 41.6 Å². The number of nitrogens with one attached hydrogen (secondary N) is 1. The lowest BCUT2D eigenvalue weighted by atomic mass is 10.0. The summed E-state index contributed by atoms with van der Waals surface area (Å²) in [5.41, 5.74) is 2.41. The summed E-state index contributed by atoms with van der Waals surface area (Å²) in [4.78, 5) is 14.7. The van der Waals surface area contributed by atoms with E-state index in [4.69, 9.17) is 4.74 Å². The zero-order chi connectivity index (χ0) is 14.5. The maximum Gasteiger partial charge on any atom is 0.228 e. The smallest absolute Gasteiger partial charge is 0.228 e. The molecule has 1 amide bonds. The predicted octanol–water partition coefficient (Wildman–Crippen LogP) is 2.12. The van der Waals surface area contributed by atoms with E-state index in [0.717, 1.165) is 38.2 Å². The van der Waals surface area contributed by atoms with Gasteiger partial charge in [0.1, 0.15) is 0 Å². The van der Waals surface area contributed by atoms with Gasteiger partial charge in [0.2, 0.25) is 5.91 Å². The molecule has 1 aromatic carbocycles. The maximum absolute atomic E-state index is 12.7. The molecule has 0 spiro atoms. The number of rotatable bonds is 2. The molecule has 2 aliphatic rings. The number of carbonyl (C=O) groups excluding carboxylic acids is 1. The lowest BCUT2D eigenvalue weighted by molar-refractivity contribution is -0.119. The second-order valence-corrected chi connectivity index (χ2v) is 5.91. The van der Waals surface area contributed by atoms with E-state index in [1.165, 1.54) is 18.4 Å². The van der Waals surface area contributed by atoms with Gasteiger partial charge in [-0.2, -0.15) is 0 Å². The van der Waals surface area contributed by atoms with E-state index < -0.39 is 0 Å². The predicted molar refractivity (Wildman–Crippen MR) is 83.6 cm³/mol. The SMILES string of the molecule is O=C(CC1COCCN1)N1CCCCCc2ccccc21. The summed E-state index contributed by atoms with van der Waals surface area (Å²) >= 11 is 0. The van der Waals surface area contributed by atoms with Gasteiger partial charge in [-0.05, 0) is 30.9 Å². The molecular formula is C17H24N2O2. The molecule has 0 aromatic heterocycles. The summed E-state index contributed by atoms with van der Waals surface area (Å²) in [5.74, 6) is 0.215. The van der Waals surface area contributed by atoms with Crippen molar-refractivity contribution < 1.29 is 9.53 Å². The lowest BCUT2D eigenvalue weighted by Crippen LogP contribution is -2.45. The average Bonchev–Trinajstić information content (AvgIpc) is 2.49. The number of morpholine rings is 1. The molecule has 1 aromatic rings. The fraction of sp³-hybridized carbons (Fsp3) is 0.588. The van der Waals surface area contributed by atoms with Crippen molar-refractivity contribution in [2.75, 3.05) is 31.2 Å². The first-order valence-corrected chi connectivity index (χ1v) is 8.04. The summed E-state index contributed by atoms with van der Waals surface area (Å²) < 4.78 is 5.45. The molecular weight excluding hydrogens is 264 g/mol. The van der Waals surface area contributed by atoms with Crippen LogP contribution < -0.4 is 10.2 Å². The number of anilines is 1. The lowest BCUT2D eigenvalue weighted by Gasteiger charge is -2.30. The van der Waals surface area contributed by atoms with E-state index in [1.807, 2.05) is 11.0 Å². The van der Waals surface area contributed by atoms with Crippen LogP contribution in [0, 0.1) is 0 Å². The number of amides is 1. The third-order valence-electron chi connectivity index (χ3n) is 4.33. The molecule has 0 radical (unpaired) electrons. The van der Waals surface area contributed by atoms with Crippen molar-refractivity contribution in [1.29, 1.82) is 0 Å². The van der Waals surface area contributed by atoms with Crippen LogP contribution in [-0.4, -0.2) is 38.3 Å². The van der Waals surface area contributed by atoms with Gasteiger partial charge in [-0.15, -0.1) is 0 Å². The number of ether oxygens (including phenoxy) is 1. The van der Waals surface area contributed by atoms with Crippen LogP contribution in [0.3, 0.4) is 0 Å². The van der Waals surface area contributed by atoms with Crippen LogP contribution in [0.25, 0.3) is 0 Å². The Morgan fingerprint density at radius 1 is 1.29 bits per heavy atom. The molecule has 1 N–H and O–H groups in total. The summed E-state index contributed by atoms with van der Waals surface area (Å²) in [6, 6.07) is 8.50. The molecule has 21 heavy (non-hydrogen) atoms. The molecule has 3 rings (SSSR count). The highest BCUT2D eigenvalue weighted by molar-refractivity contribution is 5.94. The van der Waals surface area contributed by atoms with E-state index in [1.54, 1.807) is 0 Å². The minimum absolute atomic E-state index is 0.156. The molecule has 1 unspecified atom stereocenters. The quantitative estimate of drug-likeness (QED) is 0.906. The first-order chi connectivity index (χ1) is 10.3. The summed E-state index contributed by atoms with van der Waals surface area (Å²) in [7, 11) is 0. The molecule has 4 nitrogen and oxygen atoms in total. The highest BCUT2D eigenvalue weighted by Gasteiger charge is 2.24.